The molecule has 0 aliphatic carbocycles. The Bertz CT molecular complexity index is 365. The van der Waals surface area contributed by atoms with E-state index in [2.05, 4.69) is 31.1 Å². The van der Waals surface area contributed by atoms with Gasteiger partial charge in [-0.1, -0.05) is 11.3 Å². The molecule has 1 aromatic rings. The van der Waals surface area contributed by atoms with Crippen molar-refractivity contribution in [2.24, 2.45) is 0 Å². The van der Waals surface area contributed by atoms with Crippen LogP contribution in [0.25, 0.3) is 0 Å². The van der Waals surface area contributed by atoms with Crippen LogP contribution < -0.4 is 5.32 Å². The molecule has 0 saturated heterocycles. The predicted octanol–water partition coefficient (Wildman–Crippen LogP) is 2.09. The first-order valence-corrected chi connectivity index (χ1v) is 6.46. The van der Waals surface area contributed by atoms with Crippen molar-refractivity contribution in [3.05, 3.63) is 27.1 Å². The Morgan fingerprint density at radius 1 is 1.53 bits per heavy atom. The fourth-order valence-electron chi connectivity index (χ4n) is 1.28. The molecule has 1 rings (SSSR count). The van der Waals surface area contributed by atoms with E-state index in [0.717, 1.165) is 18.0 Å². The van der Waals surface area contributed by atoms with E-state index in [1.165, 1.54) is 11.3 Å². The number of thiophene rings is 1. The standard InChI is InChI=1S/C11H19N3O2S/c1-9(2)13(3)7-6-12-8-10-4-5-11(17-10)14(15)16/h4-5,9,12H,6-8H2,1-3H3. The van der Waals surface area contributed by atoms with Gasteiger partial charge in [-0.25, -0.2) is 0 Å². The third-order valence-corrected chi connectivity index (χ3v) is 3.69. The highest BCUT2D eigenvalue weighted by atomic mass is 32.1. The number of nitrogens with zero attached hydrogens (tertiary/aromatic N) is 2. The fraction of sp³-hybridized carbons (Fsp3) is 0.636. The van der Waals surface area contributed by atoms with Crippen LogP contribution >= 0.6 is 11.3 Å². The lowest BCUT2D eigenvalue weighted by atomic mass is 10.3. The van der Waals surface area contributed by atoms with Crippen LogP contribution in [0.1, 0.15) is 18.7 Å². The summed E-state index contributed by atoms with van der Waals surface area (Å²) in [7, 11) is 2.09. The van der Waals surface area contributed by atoms with Gasteiger partial charge in [0.2, 0.25) is 0 Å². The van der Waals surface area contributed by atoms with E-state index in [-0.39, 0.29) is 9.92 Å². The average molecular weight is 257 g/mol. The minimum absolute atomic E-state index is 0.209. The van der Waals surface area contributed by atoms with Crippen molar-refractivity contribution < 1.29 is 4.92 Å². The summed E-state index contributed by atoms with van der Waals surface area (Å²) >= 11 is 1.23. The number of likely N-dealkylation sites (N-methyl/N-ethyl adjacent to an activating group) is 1. The fourth-order valence-corrected chi connectivity index (χ4v) is 2.07. The van der Waals surface area contributed by atoms with Crippen LogP contribution in [-0.2, 0) is 6.54 Å². The smallest absolute Gasteiger partial charge is 0.311 e. The van der Waals surface area contributed by atoms with E-state index in [4.69, 9.17) is 0 Å². The van der Waals surface area contributed by atoms with Crippen molar-refractivity contribution in [3.8, 4) is 0 Å². The molecular weight excluding hydrogens is 238 g/mol. The Morgan fingerprint density at radius 3 is 2.76 bits per heavy atom. The van der Waals surface area contributed by atoms with Crippen LogP contribution in [0, 0.1) is 10.1 Å². The zero-order chi connectivity index (χ0) is 12.8. The predicted molar refractivity (Wildman–Crippen MR) is 70.4 cm³/mol. The van der Waals surface area contributed by atoms with Crippen molar-refractivity contribution in [2.45, 2.75) is 26.4 Å². The molecule has 1 aromatic heterocycles. The molecule has 1 heterocycles. The summed E-state index contributed by atoms with van der Waals surface area (Å²) in [5, 5.41) is 14.0. The molecule has 0 fully saturated rings. The van der Waals surface area contributed by atoms with Crippen molar-refractivity contribution in [2.75, 3.05) is 20.1 Å². The Hall–Kier alpha value is -0.980. The Morgan fingerprint density at radius 2 is 2.24 bits per heavy atom. The highest BCUT2D eigenvalue weighted by Crippen LogP contribution is 2.23. The minimum atomic E-state index is -0.347. The molecule has 0 bridgehead atoms. The second-order valence-corrected chi connectivity index (χ2v) is 5.39. The lowest BCUT2D eigenvalue weighted by Gasteiger charge is -2.20. The summed E-state index contributed by atoms with van der Waals surface area (Å²) in [6, 6.07) is 3.91. The van der Waals surface area contributed by atoms with Crippen molar-refractivity contribution in [1.29, 1.82) is 0 Å². The van der Waals surface area contributed by atoms with E-state index in [9.17, 15) is 10.1 Å². The van der Waals surface area contributed by atoms with E-state index in [1.807, 2.05) is 6.07 Å². The quantitative estimate of drug-likeness (QED) is 0.461. The summed E-state index contributed by atoms with van der Waals surface area (Å²) in [6.45, 7) is 6.88. The first kappa shape index (κ1) is 14.1. The minimum Gasteiger partial charge on any atom is -0.311 e. The molecule has 0 unspecified atom stereocenters. The number of nitro groups is 1. The van der Waals surface area contributed by atoms with Crippen molar-refractivity contribution >= 4 is 16.3 Å². The molecule has 5 nitrogen and oxygen atoms in total. The molecule has 0 aromatic carbocycles. The van der Waals surface area contributed by atoms with Gasteiger partial charge in [0.1, 0.15) is 0 Å². The molecule has 0 saturated carbocycles. The van der Waals surface area contributed by atoms with Gasteiger partial charge in [-0.3, -0.25) is 10.1 Å². The van der Waals surface area contributed by atoms with Gasteiger partial charge in [-0.05, 0) is 27.0 Å². The molecule has 1 N–H and O–H groups in total. The molecule has 6 heteroatoms. The molecule has 0 amide bonds. The van der Waals surface area contributed by atoms with Gasteiger partial charge in [0.15, 0.2) is 0 Å². The Balaban J connectivity index is 2.24. The molecule has 0 spiro atoms. The lowest BCUT2D eigenvalue weighted by molar-refractivity contribution is -0.380. The first-order chi connectivity index (χ1) is 8.00. The van der Waals surface area contributed by atoms with Gasteiger partial charge in [-0.2, -0.15) is 0 Å². The largest absolute Gasteiger partial charge is 0.324 e. The second-order valence-electron chi connectivity index (χ2n) is 4.25. The highest BCUT2D eigenvalue weighted by molar-refractivity contribution is 7.15. The summed E-state index contributed by atoms with van der Waals surface area (Å²) in [4.78, 5) is 13.4. The Kier molecular flexibility index (Phi) is 5.54. The van der Waals surface area contributed by atoms with Crippen LogP contribution in [0.15, 0.2) is 12.1 Å². The third-order valence-electron chi connectivity index (χ3n) is 2.65. The number of nitrogens with one attached hydrogen (secondary N) is 1. The summed E-state index contributed by atoms with van der Waals surface area (Å²) in [5.74, 6) is 0. The molecule has 0 atom stereocenters. The molecule has 0 radical (unpaired) electrons. The van der Waals surface area contributed by atoms with Crippen LogP contribution in [-0.4, -0.2) is 36.0 Å². The molecule has 0 aliphatic heterocycles. The maximum Gasteiger partial charge on any atom is 0.324 e. The first-order valence-electron chi connectivity index (χ1n) is 5.64. The van der Waals surface area contributed by atoms with E-state index in [0.29, 0.717) is 12.6 Å². The molecular formula is C11H19N3O2S. The number of hydrogen-bond donors (Lipinski definition) is 1. The molecule has 96 valence electrons. The van der Waals surface area contributed by atoms with Gasteiger partial charge in [0.05, 0.1) is 4.92 Å². The Labute approximate surface area is 106 Å². The molecule has 17 heavy (non-hydrogen) atoms. The van der Waals surface area contributed by atoms with Gasteiger partial charge in [-0.15, -0.1) is 0 Å². The monoisotopic (exact) mass is 257 g/mol. The summed E-state index contributed by atoms with van der Waals surface area (Å²) in [5.41, 5.74) is 0. The van der Waals surface area contributed by atoms with Gasteiger partial charge in [0, 0.05) is 36.6 Å². The number of hydrogen-bond acceptors (Lipinski definition) is 5. The van der Waals surface area contributed by atoms with Crippen LogP contribution in [0.5, 0.6) is 0 Å². The van der Waals surface area contributed by atoms with E-state index < -0.39 is 0 Å². The SMILES string of the molecule is CC(C)N(C)CCNCc1ccc([N+](=O)[O-])s1. The van der Waals surface area contributed by atoms with Gasteiger partial charge >= 0.3 is 5.00 Å². The zero-order valence-electron chi connectivity index (χ0n) is 10.5. The maximum absolute atomic E-state index is 10.5. The van der Waals surface area contributed by atoms with Crippen LogP contribution in [0.3, 0.4) is 0 Å². The summed E-state index contributed by atoms with van der Waals surface area (Å²) in [6.07, 6.45) is 0. The highest BCUT2D eigenvalue weighted by Gasteiger charge is 2.09. The maximum atomic E-state index is 10.5. The topological polar surface area (TPSA) is 58.4 Å². The third kappa shape index (κ3) is 4.80. The van der Waals surface area contributed by atoms with Crippen molar-refractivity contribution in [3.63, 3.8) is 0 Å². The average Bonchev–Trinajstić information content (AvgIpc) is 2.72. The normalized spacial score (nSPS) is 11.4. The van der Waals surface area contributed by atoms with Crippen molar-refractivity contribution in [1.82, 2.24) is 10.2 Å². The van der Waals surface area contributed by atoms with E-state index >= 15 is 0 Å². The van der Waals surface area contributed by atoms with Crippen LogP contribution in [0.4, 0.5) is 5.00 Å². The van der Waals surface area contributed by atoms with E-state index in [1.54, 1.807) is 6.07 Å². The van der Waals surface area contributed by atoms with Crippen LogP contribution in [0.2, 0.25) is 0 Å². The lowest BCUT2D eigenvalue weighted by Crippen LogP contribution is -2.33. The van der Waals surface area contributed by atoms with Gasteiger partial charge < -0.3 is 10.2 Å². The number of rotatable bonds is 7. The summed E-state index contributed by atoms with van der Waals surface area (Å²) < 4.78 is 0. The molecule has 0 aliphatic rings. The van der Waals surface area contributed by atoms with Gasteiger partial charge in [0.25, 0.3) is 0 Å². The second kappa shape index (κ2) is 6.68. The zero-order valence-corrected chi connectivity index (χ0v) is 11.3.